The summed E-state index contributed by atoms with van der Waals surface area (Å²) in [5.74, 6) is 0.271. The summed E-state index contributed by atoms with van der Waals surface area (Å²) < 4.78 is 0. The molecule has 5 nitrogen and oxygen atoms in total. The van der Waals surface area contributed by atoms with Gasteiger partial charge in [0, 0.05) is 24.4 Å². The van der Waals surface area contributed by atoms with Gasteiger partial charge in [0.05, 0.1) is 0 Å². The molecule has 1 aromatic rings. The first kappa shape index (κ1) is 16.4. The molecule has 0 radical (unpaired) electrons. The number of carbonyl (C=O) groups is 1. The van der Waals surface area contributed by atoms with Crippen LogP contribution >= 0.6 is 23.1 Å². The van der Waals surface area contributed by atoms with Crippen LogP contribution in [0.3, 0.4) is 0 Å². The Labute approximate surface area is 134 Å². The highest BCUT2D eigenvalue weighted by molar-refractivity contribution is 7.99. The molecule has 1 heterocycles. The van der Waals surface area contributed by atoms with Crippen LogP contribution in [0, 0.1) is 0 Å². The molecule has 7 heteroatoms. The number of amides is 1. The molecule has 2 atom stereocenters. The second kappa shape index (κ2) is 7.35. The van der Waals surface area contributed by atoms with E-state index in [2.05, 4.69) is 35.3 Å². The summed E-state index contributed by atoms with van der Waals surface area (Å²) >= 11 is 3.22. The first-order chi connectivity index (χ1) is 10.1. The number of anilines is 2. The Morgan fingerprint density at radius 2 is 2.19 bits per heavy atom. The lowest BCUT2D eigenvalue weighted by Gasteiger charge is -2.18. The van der Waals surface area contributed by atoms with Crippen molar-refractivity contribution in [1.82, 2.24) is 10.3 Å². The normalized spacial score (nSPS) is 21.5. The summed E-state index contributed by atoms with van der Waals surface area (Å²) in [6.45, 7) is 5.87. The van der Waals surface area contributed by atoms with Crippen molar-refractivity contribution in [3.8, 4) is 0 Å². The number of rotatable bonds is 6. The van der Waals surface area contributed by atoms with E-state index >= 15 is 0 Å². The molecule has 0 aliphatic heterocycles. The molecule has 1 aliphatic rings. The zero-order chi connectivity index (χ0) is 15.4. The van der Waals surface area contributed by atoms with E-state index in [4.69, 9.17) is 5.73 Å². The number of thioether (sulfide) groups is 1. The molecule has 21 heavy (non-hydrogen) atoms. The number of hydrogen-bond donors (Lipinski definition) is 2. The highest BCUT2D eigenvalue weighted by Crippen LogP contribution is 2.31. The van der Waals surface area contributed by atoms with Crippen LogP contribution < -0.4 is 16.0 Å². The SMILES string of the molecule is CCN(CC)c1nc(N)c(C(=O)NC2CCCC2SC)s1. The van der Waals surface area contributed by atoms with Crippen molar-refractivity contribution in [2.75, 3.05) is 30.0 Å². The van der Waals surface area contributed by atoms with Crippen molar-refractivity contribution in [2.24, 2.45) is 0 Å². The van der Waals surface area contributed by atoms with Gasteiger partial charge < -0.3 is 16.0 Å². The number of hydrogen-bond acceptors (Lipinski definition) is 6. The van der Waals surface area contributed by atoms with Gasteiger partial charge in [-0.05, 0) is 32.9 Å². The Bertz CT molecular complexity index is 487. The number of nitrogen functional groups attached to an aromatic ring is 1. The fraction of sp³-hybridized carbons (Fsp3) is 0.714. The van der Waals surface area contributed by atoms with Crippen LogP contribution in [0.2, 0.25) is 0 Å². The number of nitrogens with two attached hydrogens (primary N) is 1. The highest BCUT2D eigenvalue weighted by Gasteiger charge is 2.29. The summed E-state index contributed by atoms with van der Waals surface area (Å²) in [5, 5.41) is 4.49. The minimum atomic E-state index is -0.0747. The lowest BCUT2D eigenvalue weighted by Crippen LogP contribution is -2.38. The largest absolute Gasteiger partial charge is 0.382 e. The number of aromatic nitrogens is 1. The molecule has 0 aromatic carbocycles. The van der Waals surface area contributed by atoms with Crippen molar-refractivity contribution in [1.29, 1.82) is 0 Å². The molecule has 1 aromatic heterocycles. The Hall–Kier alpha value is -0.950. The molecule has 118 valence electrons. The highest BCUT2D eigenvalue weighted by atomic mass is 32.2. The quantitative estimate of drug-likeness (QED) is 0.840. The third-order valence-electron chi connectivity index (χ3n) is 3.95. The first-order valence-electron chi connectivity index (χ1n) is 7.45. The summed E-state index contributed by atoms with van der Waals surface area (Å²) in [6, 6.07) is 0.255. The minimum Gasteiger partial charge on any atom is -0.382 e. The Balaban J connectivity index is 2.09. The fourth-order valence-electron chi connectivity index (χ4n) is 2.72. The van der Waals surface area contributed by atoms with Gasteiger partial charge in [0.1, 0.15) is 10.7 Å². The molecule has 2 unspecified atom stereocenters. The molecular weight excluding hydrogens is 304 g/mol. The molecule has 1 amide bonds. The monoisotopic (exact) mass is 328 g/mol. The lowest BCUT2D eigenvalue weighted by atomic mass is 10.2. The van der Waals surface area contributed by atoms with Gasteiger partial charge in [0.25, 0.3) is 5.91 Å². The van der Waals surface area contributed by atoms with E-state index in [1.54, 1.807) is 0 Å². The molecule has 1 saturated carbocycles. The van der Waals surface area contributed by atoms with Gasteiger partial charge in [-0.1, -0.05) is 17.8 Å². The van der Waals surface area contributed by atoms with Gasteiger partial charge in [-0.2, -0.15) is 11.8 Å². The smallest absolute Gasteiger partial charge is 0.265 e. The lowest BCUT2D eigenvalue weighted by molar-refractivity contribution is 0.0943. The van der Waals surface area contributed by atoms with Crippen LogP contribution in [0.1, 0.15) is 42.8 Å². The maximum atomic E-state index is 12.4. The molecule has 1 aliphatic carbocycles. The van der Waals surface area contributed by atoms with Crippen LogP contribution in [-0.2, 0) is 0 Å². The van der Waals surface area contributed by atoms with E-state index in [0.717, 1.165) is 24.6 Å². The van der Waals surface area contributed by atoms with Crippen LogP contribution in [0.15, 0.2) is 0 Å². The topological polar surface area (TPSA) is 71.2 Å². The standard InChI is InChI=1S/C14H24N4OS2/c1-4-18(5-2)14-17-12(15)11(21-14)13(19)16-9-7-6-8-10(9)20-3/h9-10H,4-8,15H2,1-3H3,(H,16,19). The average molecular weight is 329 g/mol. The summed E-state index contributed by atoms with van der Waals surface area (Å²) in [5.41, 5.74) is 5.94. The molecule has 0 spiro atoms. The van der Waals surface area contributed by atoms with E-state index in [1.165, 1.54) is 24.2 Å². The van der Waals surface area contributed by atoms with Crippen molar-refractivity contribution in [2.45, 2.75) is 44.4 Å². The summed E-state index contributed by atoms with van der Waals surface area (Å²) in [4.78, 5) is 19.4. The molecule has 1 fully saturated rings. The van der Waals surface area contributed by atoms with Gasteiger partial charge in [0.2, 0.25) is 0 Å². The van der Waals surface area contributed by atoms with Crippen LogP contribution in [0.5, 0.6) is 0 Å². The molecule has 0 saturated heterocycles. The predicted octanol–water partition coefficient (Wildman–Crippen LogP) is 2.59. The fourth-order valence-corrected chi connectivity index (χ4v) is 4.67. The van der Waals surface area contributed by atoms with Gasteiger partial charge >= 0.3 is 0 Å². The second-order valence-corrected chi connectivity index (χ2v) is 7.22. The summed E-state index contributed by atoms with van der Waals surface area (Å²) in [7, 11) is 0. The molecular formula is C14H24N4OS2. The third-order valence-corrected chi connectivity index (χ3v) is 6.25. The van der Waals surface area contributed by atoms with Gasteiger partial charge in [0.15, 0.2) is 5.13 Å². The Kier molecular flexibility index (Phi) is 5.75. The second-order valence-electron chi connectivity index (χ2n) is 5.17. The average Bonchev–Trinajstić information content (AvgIpc) is 3.07. The van der Waals surface area contributed by atoms with Crippen LogP contribution in [0.25, 0.3) is 0 Å². The molecule has 0 bridgehead atoms. The zero-order valence-corrected chi connectivity index (χ0v) is 14.5. The first-order valence-corrected chi connectivity index (χ1v) is 9.56. The van der Waals surface area contributed by atoms with E-state index in [9.17, 15) is 4.79 Å². The van der Waals surface area contributed by atoms with E-state index in [1.807, 2.05) is 11.8 Å². The predicted molar refractivity (Wildman–Crippen MR) is 92.5 cm³/mol. The van der Waals surface area contributed by atoms with Crippen molar-refractivity contribution < 1.29 is 4.79 Å². The maximum absolute atomic E-state index is 12.4. The molecule has 2 rings (SSSR count). The van der Waals surface area contributed by atoms with Crippen LogP contribution in [-0.4, -0.2) is 41.5 Å². The van der Waals surface area contributed by atoms with Crippen LogP contribution in [0.4, 0.5) is 10.9 Å². The van der Waals surface area contributed by atoms with E-state index in [0.29, 0.717) is 15.9 Å². The number of nitrogens with one attached hydrogen (secondary N) is 1. The van der Waals surface area contributed by atoms with Crippen molar-refractivity contribution >= 4 is 40.0 Å². The third kappa shape index (κ3) is 3.63. The Morgan fingerprint density at radius 1 is 1.48 bits per heavy atom. The summed E-state index contributed by atoms with van der Waals surface area (Å²) in [6.07, 6.45) is 5.52. The van der Waals surface area contributed by atoms with E-state index in [-0.39, 0.29) is 11.9 Å². The number of carbonyl (C=O) groups excluding carboxylic acids is 1. The van der Waals surface area contributed by atoms with Gasteiger partial charge in [-0.3, -0.25) is 4.79 Å². The minimum absolute atomic E-state index is 0.0747. The van der Waals surface area contributed by atoms with Gasteiger partial charge in [-0.25, -0.2) is 4.98 Å². The van der Waals surface area contributed by atoms with Gasteiger partial charge in [-0.15, -0.1) is 0 Å². The van der Waals surface area contributed by atoms with Crippen molar-refractivity contribution in [3.05, 3.63) is 4.88 Å². The number of nitrogens with zero attached hydrogens (tertiary/aromatic N) is 2. The van der Waals surface area contributed by atoms with Crippen molar-refractivity contribution in [3.63, 3.8) is 0 Å². The maximum Gasteiger partial charge on any atom is 0.265 e. The molecule has 3 N–H and O–H groups in total. The number of thiazole rings is 1. The van der Waals surface area contributed by atoms with E-state index < -0.39 is 0 Å². The Morgan fingerprint density at radius 3 is 2.81 bits per heavy atom. The zero-order valence-electron chi connectivity index (χ0n) is 12.9.